The van der Waals surface area contributed by atoms with Gasteiger partial charge in [0, 0.05) is 21.3 Å². The molecule has 2 aromatic rings. The molecule has 130 valence electrons. The average Bonchev–Trinajstić information content (AvgIpc) is 2.64. The third-order valence-corrected chi connectivity index (χ3v) is 5.58. The molecule has 0 atom stereocenters. The lowest BCUT2D eigenvalue weighted by Gasteiger charge is -2.10. The van der Waals surface area contributed by atoms with Gasteiger partial charge in [0.1, 0.15) is 0 Å². The monoisotopic (exact) mass is 366 g/mol. The number of methoxy groups -OCH3 is 4. The van der Waals surface area contributed by atoms with Crippen molar-refractivity contribution >= 4 is 23.5 Å². The van der Waals surface area contributed by atoms with Gasteiger partial charge in [-0.15, -0.1) is 23.5 Å². The Balaban J connectivity index is 1.87. The lowest BCUT2D eigenvalue weighted by atomic mass is 10.3. The molecule has 6 heteroatoms. The van der Waals surface area contributed by atoms with Crippen LogP contribution in [0.4, 0.5) is 0 Å². The van der Waals surface area contributed by atoms with Gasteiger partial charge >= 0.3 is 0 Å². The van der Waals surface area contributed by atoms with E-state index in [-0.39, 0.29) is 0 Å². The summed E-state index contributed by atoms with van der Waals surface area (Å²) in [4.78, 5) is 2.33. The van der Waals surface area contributed by atoms with Gasteiger partial charge < -0.3 is 18.9 Å². The predicted molar refractivity (Wildman–Crippen MR) is 101 cm³/mol. The van der Waals surface area contributed by atoms with Gasteiger partial charge in [-0.2, -0.15) is 0 Å². The SMILES string of the molecule is COc1ccc(SCCSc2ccc(OC)c(OC)c2)cc1OC. The molecule has 0 aliphatic rings. The fourth-order valence-electron chi connectivity index (χ4n) is 2.13. The maximum atomic E-state index is 5.33. The second kappa shape index (κ2) is 9.59. The summed E-state index contributed by atoms with van der Waals surface area (Å²) < 4.78 is 21.2. The van der Waals surface area contributed by atoms with Gasteiger partial charge in [-0.3, -0.25) is 0 Å². The van der Waals surface area contributed by atoms with Crippen molar-refractivity contribution in [1.82, 2.24) is 0 Å². The lowest BCUT2D eigenvalue weighted by Crippen LogP contribution is -1.92. The number of thioether (sulfide) groups is 2. The Kier molecular flexibility index (Phi) is 7.46. The molecule has 24 heavy (non-hydrogen) atoms. The molecule has 0 bridgehead atoms. The fourth-order valence-corrected chi connectivity index (χ4v) is 3.98. The normalized spacial score (nSPS) is 10.3. The second-order valence-electron chi connectivity index (χ2n) is 4.73. The van der Waals surface area contributed by atoms with E-state index in [1.807, 2.05) is 36.4 Å². The molecule has 0 unspecified atom stereocenters. The second-order valence-corrected chi connectivity index (χ2v) is 7.07. The summed E-state index contributed by atoms with van der Waals surface area (Å²) in [6.07, 6.45) is 0. The molecule has 0 saturated carbocycles. The summed E-state index contributed by atoms with van der Waals surface area (Å²) in [6.45, 7) is 0. The zero-order valence-corrected chi connectivity index (χ0v) is 16.0. The number of rotatable bonds is 9. The Labute approximate surface area is 151 Å². The fraction of sp³-hybridized carbons (Fsp3) is 0.333. The Hall–Kier alpha value is -1.66. The van der Waals surface area contributed by atoms with Gasteiger partial charge in [0.2, 0.25) is 0 Å². The number of ether oxygens (including phenoxy) is 4. The van der Waals surface area contributed by atoms with Crippen LogP contribution in [0.1, 0.15) is 0 Å². The molecular weight excluding hydrogens is 344 g/mol. The summed E-state index contributed by atoms with van der Waals surface area (Å²) in [5.74, 6) is 5.01. The van der Waals surface area contributed by atoms with Crippen LogP contribution < -0.4 is 18.9 Å². The first-order chi connectivity index (χ1) is 11.7. The highest BCUT2D eigenvalue weighted by Gasteiger charge is 2.06. The summed E-state index contributed by atoms with van der Waals surface area (Å²) in [7, 11) is 6.59. The van der Waals surface area contributed by atoms with E-state index >= 15 is 0 Å². The van der Waals surface area contributed by atoms with Gasteiger partial charge in [-0.1, -0.05) is 0 Å². The Morgan fingerprint density at radius 2 is 0.958 bits per heavy atom. The molecule has 0 radical (unpaired) electrons. The predicted octanol–water partition coefficient (Wildman–Crippen LogP) is 4.61. The van der Waals surface area contributed by atoms with Crippen molar-refractivity contribution in [2.24, 2.45) is 0 Å². The van der Waals surface area contributed by atoms with E-state index in [1.165, 1.54) is 9.79 Å². The van der Waals surface area contributed by atoms with Crippen molar-refractivity contribution in [1.29, 1.82) is 0 Å². The van der Waals surface area contributed by atoms with E-state index in [0.717, 1.165) is 34.5 Å². The smallest absolute Gasteiger partial charge is 0.161 e. The highest BCUT2D eigenvalue weighted by atomic mass is 32.2. The third kappa shape index (κ3) is 4.92. The molecule has 0 fully saturated rings. The first-order valence-corrected chi connectivity index (χ1v) is 9.38. The average molecular weight is 367 g/mol. The topological polar surface area (TPSA) is 36.9 Å². The van der Waals surface area contributed by atoms with Crippen LogP contribution in [-0.2, 0) is 0 Å². The highest BCUT2D eigenvalue weighted by molar-refractivity contribution is 8.03. The quantitative estimate of drug-likeness (QED) is 0.477. The third-order valence-electron chi connectivity index (χ3n) is 3.33. The Bertz CT molecular complexity index is 604. The molecule has 4 nitrogen and oxygen atoms in total. The number of benzene rings is 2. The van der Waals surface area contributed by atoms with Gasteiger partial charge in [0.25, 0.3) is 0 Å². The van der Waals surface area contributed by atoms with Crippen LogP contribution in [0.3, 0.4) is 0 Å². The van der Waals surface area contributed by atoms with Crippen molar-refractivity contribution in [2.75, 3.05) is 39.9 Å². The Morgan fingerprint density at radius 3 is 1.29 bits per heavy atom. The standard InChI is InChI=1S/C18H22O4S2/c1-19-15-7-5-13(11-17(15)21-3)23-9-10-24-14-6-8-16(20-2)18(12-14)22-4/h5-8,11-12H,9-10H2,1-4H3. The zero-order valence-electron chi connectivity index (χ0n) is 14.3. The molecule has 0 aliphatic heterocycles. The largest absolute Gasteiger partial charge is 0.493 e. The molecule has 2 aromatic carbocycles. The van der Waals surface area contributed by atoms with Crippen molar-refractivity contribution in [3.8, 4) is 23.0 Å². The highest BCUT2D eigenvalue weighted by Crippen LogP contribution is 2.34. The summed E-state index contributed by atoms with van der Waals surface area (Å²) in [5.41, 5.74) is 0. The first kappa shape index (κ1) is 18.7. The lowest BCUT2D eigenvalue weighted by molar-refractivity contribution is 0.354. The van der Waals surface area contributed by atoms with Crippen LogP contribution in [0.15, 0.2) is 46.2 Å². The van der Waals surface area contributed by atoms with Crippen LogP contribution in [0.2, 0.25) is 0 Å². The molecular formula is C18H22O4S2. The van der Waals surface area contributed by atoms with E-state index in [0.29, 0.717) is 0 Å². The maximum Gasteiger partial charge on any atom is 0.161 e. The van der Waals surface area contributed by atoms with E-state index in [9.17, 15) is 0 Å². The maximum absolute atomic E-state index is 5.33. The Morgan fingerprint density at radius 1 is 0.583 bits per heavy atom. The molecule has 0 N–H and O–H groups in total. The van der Waals surface area contributed by atoms with Crippen LogP contribution in [0, 0.1) is 0 Å². The number of hydrogen-bond acceptors (Lipinski definition) is 6. The van der Waals surface area contributed by atoms with E-state index in [2.05, 4.69) is 0 Å². The summed E-state index contributed by atoms with van der Waals surface area (Å²) in [6, 6.07) is 12.0. The van der Waals surface area contributed by atoms with Gasteiger partial charge in [-0.25, -0.2) is 0 Å². The van der Waals surface area contributed by atoms with Crippen molar-refractivity contribution in [3.05, 3.63) is 36.4 Å². The van der Waals surface area contributed by atoms with Crippen LogP contribution in [-0.4, -0.2) is 39.9 Å². The minimum absolute atomic E-state index is 0.751. The van der Waals surface area contributed by atoms with Crippen LogP contribution in [0.5, 0.6) is 23.0 Å². The molecule has 0 saturated heterocycles. The van der Waals surface area contributed by atoms with Crippen molar-refractivity contribution < 1.29 is 18.9 Å². The molecule has 0 heterocycles. The zero-order chi connectivity index (χ0) is 17.4. The first-order valence-electron chi connectivity index (χ1n) is 7.41. The minimum Gasteiger partial charge on any atom is -0.493 e. The van der Waals surface area contributed by atoms with Crippen LogP contribution in [0.25, 0.3) is 0 Å². The molecule has 0 aliphatic carbocycles. The molecule has 2 rings (SSSR count). The molecule has 0 amide bonds. The van der Waals surface area contributed by atoms with Gasteiger partial charge in [0.15, 0.2) is 23.0 Å². The van der Waals surface area contributed by atoms with E-state index < -0.39 is 0 Å². The van der Waals surface area contributed by atoms with E-state index in [1.54, 1.807) is 52.0 Å². The van der Waals surface area contributed by atoms with E-state index in [4.69, 9.17) is 18.9 Å². The van der Waals surface area contributed by atoms with Gasteiger partial charge in [0.05, 0.1) is 28.4 Å². The molecule has 0 spiro atoms. The summed E-state index contributed by atoms with van der Waals surface area (Å²) in [5, 5.41) is 0. The minimum atomic E-state index is 0.751. The van der Waals surface area contributed by atoms with Crippen molar-refractivity contribution in [3.63, 3.8) is 0 Å². The summed E-state index contributed by atoms with van der Waals surface area (Å²) >= 11 is 3.59. The van der Waals surface area contributed by atoms with Crippen LogP contribution >= 0.6 is 23.5 Å². The molecule has 0 aromatic heterocycles. The van der Waals surface area contributed by atoms with Gasteiger partial charge in [-0.05, 0) is 36.4 Å². The number of hydrogen-bond donors (Lipinski definition) is 0. The van der Waals surface area contributed by atoms with Crippen molar-refractivity contribution in [2.45, 2.75) is 9.79 Å².